The third-order valence-electron chi connectivity index (χ3n) is 6.13. The van der Waals surface area contributed by atoms with Crippen LogP contribution in [0.2, 0.25) is 0 Å². The second-order valence-corrected chi connectivity index (χ2v) is 7.91. The van der Waals surface area contributed by atoms with Crippen molar-refractivity contribution in [1.29, 1.82) is 0 Å². The van der Waals surface area contributed by atoms with Crippen LogP contribution >= 0.6 is 0 Å². The van der Waals surface area contributed by atoms with Crippen LogP contribution in [-0.4, -0.2) is 11.6 Å². The van der Waals surface area contributed by atoms with E-state index >= 15 is 0 Å². The van der Waals surface area contributed by atoms with Crippen molar-refractivity contribution in [3.63, 3.8) is 0 Å². The van der Waals surface area contributed by atoms with Gasteiger partial charge in [-0.2, -0.15) is 0 Å². The minimum Gasteiger partial charge on any atom is -0.299 e. The van der Waals surface area contributed by atoms with E-state index in [9.17, 15) is 9.59 Å². The van der Waals surface area contributed by atoms with Crippen molar-refractivity contribution in [3.05, 3.63) is 108 Å². The molecule has 0 unspecified atom stereocenters. The van der Waals surface area contributed by atoms with E-state index in [1.165, 1.54) is 0 Å². The van der Waals surface area contributed by atoms with Gasteiger partial charge in [-0.25, -0.2) is 0 Å². The van der Waals surface area contributed by atoms with Gasteiger partial charge >= 0.3 is 0 Å². The fourth-order valence-electron chi connectivity index (χ4n) is 4.63. The standard InChI is InChI=1S/C27H26O2/c28-26(22-15-8-3-9-16-22)19-25(21-13-6-2-7-14-21)24-18-10-17-23(27(24)29)20-11-4-1-5-12-20/h1-9,11-16,23-25H,10,17-19H2/t23-,24+,25+/m0/s1. The van der Waals surface area contributed by atoms with Crippen molar-refractivity contribution in [2.24, 2.45) is 5.92 Å². The zero-order chi connectivity index (χ0) is 20.1. The lowest BCUT2D eigenvalue weighted by molar-refractivity contribution is -0.127. The number of rotatable bonds is 6. The Bertz CT molecular complexity index is 948. The monoisotopic (exact) mass is 382 g/mol. The molecule has 0 bridgehead atoms. The average molecular weight is 383 g/mol. The summed E-state index contributed by atoms with van der Waals surface area (Å²) in [6.45, 7) is 0. The van der Waals surface area contributed by atoms with Gasteiger partial charge in [-0.15, -0.1) is 0 Å². The van der Waals surface area contributed by atoms with Crippen molar-refractivity contribution in [2.75, 3.05) is 0 Å². The minimum absolute atomic E-state index is 0.0620. The van der Waals surface area contributed by atoms with Crippen molar-refractivity contribution < 1.29 is 9.59 Å². The highest BCUT2D eigenvalue weighted by Crippen LogP contribution is 2.42. The maximum atomic E-state index is 13.5. The molecule has 0 saturated heterocycles. The number of Topliss-reactive ketones (excluding diaryl/α,β-unsaturated/α-hetero) is 2. The van der Waals surface area contributed by atoms with Crippen LogP contribution in [0.4, 0.5) is 0 Å². The highest BCUT2D eigenvalue weighted by molar-refractivity contribution is 5.97. The van der Waals surface area contributed by atoms with Crippen LogP contribution in [0.1, 0.15) is 59.0 Å². The van der Waals surface area contributed by atoms with E-state index in [1.807, 2.05) is 66.7 Å². The van der Waals surface area contributed by atoms with Gasteiger partial charge in [0.25, 0.3) is 0 Å². The summed E-state index contributed by atoms with van der Waals surface area (Å²) in [5, 5.41) is 0. The van der Waals surface area contributed by atoms with Crippen LogP contribution in [0, 0.1) is 5.92 Å². The zero-order valence-electron chi connectivity index (χ0n) is 16.5. The lowest BCUT2D eigenvalue weighted by atomic mass is 9.68. The van der Waals surface area contributed by atoms with Gasteiger partial charge in [-0.05, 0) is 24.0 Å². The molecule has 3 atom stereocenters. The summed E-state index contributed by atoms with van der Waals surface area (Å²) in [4.78, 5) is 26.6. The van der Waals surface area contributed by atoms with Gasteiger partial charge in [-0.3, -0.25) is 9.59 Å². The Labute approximate surface area is 172 Å². The van der Waals surface area contributed by atoms with Gasteiger partial charge in [0, 0.05) is 29.7 Å². The molecule has 29 heavy (non-hydrogen) atoms. The lowest BCUT2D eigenvalue weighted by Gasteiger charge is -2.33. The number of hydrogen-bond donors (Lipinski definition) is 0. The predicted molar refractivity (Wildman–Crippen MR) is 116 cm³/mol. The smallest absolute Gasteiger partial charge is 0.163 e. The first-order valence-corrected chi connectivity index (χ1v) is 10.5. The molecule has 1 aliphatic carbocycles. The lowest BCUT2D eigenvalue weighted by Crippen LogP contribution is -2.32. The SMILES string of the molecule is O=C(C[C@H](c1ccccc1)[C@H]1CCC[C@@H](c2ccccc2)C1=O)c1ccccc1. The maximum Gasteiger partial charge on any atom is 0.163 e. The van der Waals surface area contributed by atoms with E-state index in [0.717, 1.165) is 36.0 Å². The Morgan fingerprint density at radius 3 is 2.03 bits per heavy atom. The molecule has 0 spiro atoms. The molecule has 0 N–H and O–H groups in total. The summed E-state index contributed by atoms with van der Waals surface area (Å²) in [6.07, 6.45) is 3.13. The molecule has 0 aromatic heterocycles. The average Bonchev–Trinajstić information content (AvgIpc) is 2.79. The number of ketones is 2. The highest BCUT2D eigenvalue weighted by Gasteiger charge is 2.38. The summed E-state index contributed by atoms with van der Waals surface area (Å²) in [7, 11) is 0. The number of hydrogen-bond acceptors (Lipinski definition) is 2. The van der Waals surface area contributed by atoms with Gasteiger partial charge in [0.05, 0.1) is 0 Å². The van der Waals surface area contributed by atoms with Gasteiger partial charge < -0.3 is 0 Å². The molecule has 0 heterocycles. The van der Waals surface area contributed by atoms with E-state index in [0.29, 0.717) is 6.42 Å². The molecule has 4 rings (SSSR count). The molecule has 3 aromatic carbocycles. The Balaban J connectivity index is 1.64. The maximum absolute atomic E-state index is 13.5. The molecule has 1 fully saturated rings. The van der Waals surface area contributed by atoms with Gasteiger partial charge in [0.15, 0.2) is 5.78 Å². The van der Waals surface area contributed by atoms with E-state index in [4.69, 9.17) is 0 Å². The quantitative estimate of drug-likeness (QED) is 0.476. The molecule has 0 radical (unpaired) electrons. The van der Waals surface area contributed by atoms with E-state index in [2.05, 4.69) is 24.3 Å². The predicted octanol–water partition coefficient (Wildman–Crippen LogP) is 6.20. The molecule has 0 amide bonds. The molecule has 0 aliphatic heterocycles. The summed E-state index contributed by atoms with van der Waals surface area (Å²) in [5.41, 5.74) is 2.91. The second kappa shape index (κ2) is 9.00. The Morgan fingerprint density at radius 1 is 0.793 bits per heavy atom. The Morgan fingerprint density at radius 2 is 1.38 bits per heavy atom. The van der Waals surface area contributed by atoms with Crippen LogP contribution in [0.15, 0.2) is 91.0 Å². The van der Waals surface area contributed by atoms with E-state index in [-0.39, 0.29) is 29.3 Å². The van der Waals surface area contributed by atoms with Crippen molar-refractivity contribution in [2.45, 2.75) is 37.5 Å². The van der Waals surface area contributed by atoms with Gasteiger partial charge in [0.1, 0.15) is 5.78 Å². The van der Waals surface area contributed by atoms with E-state index in [1.54, 1.807) is 0 Å². The van der Waals surface area contributed by atoms with Crippen molar-refractivity contribution in [1.82, 2.24) is 0 Å². The summed E-state index contributed by atoms with van der Waals surface area (Å²) in [5.74, 6) is 0.131. The van der Waals surface area contributed by atoms with Crippen molar-refractivity contribution in [3.8, 4) is 0 Å². The molecule has 2 heteroatoms. The highest BCUT2D eigenvalue weighted by atomic mass is 16.1. The fraction of sp³-hybridized carbons (Fsp3) is 0.259. The molecule has 2 nitrogen and oxygen atoms in total. The number of benzene rings is 3. The topological polar surface area (TPSA) is 34.1 Å². The molecule has 1 aliphatic rings. The second-order valence-electron chi connectivity index (χ2n) is 7.91. The first-order chi connectivity index (χ1) is 14.2. The van der Waals surface area contributed by atoms with Crippen molar-refractivity contribution >= 4 is 11.6 Å². The molecule has 1 saturated carbocycles. The minimum atomic E-state index is -0.121. The van der Waals surface area contributed by atoms with Crippen LogP contribution in [0.3, 0.4) is 0 Å². The summed E-state index contributed by atoms with van der Waals surface area (Å²) < 4.78 is 0. The van der Waals surface area contributed by atoms with Gasteiger partial charge in [-0.1, -0.05) is 97.4 Å². The molecule has 146 valence electrons. The summed E-state index contributed by atoms with van der Waals surface area (Å²) >= 11 is 0. The fourth-order valence-corrected chi connectivity index (χ4v) is 4.63. The third-order valence-corrected chi connectivity index (χ3v) is 6.13. The summed E-state index contributed by atoms with van der Waals surface area (Å²) in [6, 6.07) is 29.6. The Kier molecular flexibility index (Phi) is 6.00. The van der Waals surface area contributed by atoms with Crippen LogP contribution in [0.5, 0.6) is 0 Å². The zero-order valence-corrected chi connectivity index (χ0v) is 16.5. The van der Waals surface area contributed by atoms with Gasteiger partial charge in [0.2, 0.25) is 0 Å². The molecule has 3 aromatic rings. The molecular weight excluding hydrogens is 356 g/mol. The largest absolute Gasteiger partial charge is 0.299 e. The van der Waals surface area contributed by atoms with E-state index < -0.39 is 0 Å². The number of carbonyl (C=O) groups is 2. The Hall–Kier alpha value is -3.00. The van der Waals surface area contributed by atoms with Crippen LogP contribution in [0.25, 0.3) is 0 Å². The molecular formula is C27H26O2. The normalized spacial score (nSPS) is 20.2. The third kappa shape index (κ3) is 4.37. The van der Waals surface area contributed by atoms with Crippen LogP contribution < -0.4 is 0 Å². The van der Waals surface area contributed by atoms with Crippen LogP contribution in [-0.2, 0) is 4.79 Å². The first-order valence-electron chi connectivity index (χ1n) is 10.5. The number of carbonyl (C=O) groups excluding carboxylic acids is 2. The first kappa shape index (κ1) is 19.3.